The normalized spacial score (nSPS) is 10.8. The third-order valence-corrected chi connectivity index (χ3v) is 3.50. The summed E-state index contributed by atoms with van der Waals surface area (Å²) in [4.78, 5) is 24.1. The third kappa shape index (κ3) is 2.96. The number of hydrogen-bond acceptors (Lipinski definition) is 3. The third-order valence-electron chi connectivity index (χ3n) is 3.50. The van der Waals surface area contributed by atoms with Crippen molar-refractivity contribution in [2.45, 2.75) is 12.8 Å². The molecular formula is C18H13FO3. The second-order valence-corrected chi connectivity index (χ2v) is 5.03. The molecule has 110 valence electrons. The van der Waals surface area contributed by atoms with Gasteiger partial charge in [0, 0.05) is 29.4 Å². The van der Waals surface area contributed by atoms with Crippen LogP contribution in [-0.4, -0.2) is 11.6 Å². The van der Waals surface area contributed by atoms with Crippen molar-refractivity contribution in [3.05, 3.63) is 71.7 Å². The fraction of sp³-hybridized carbons (Fsp3) is 0.111. The number of hydrogen-bond donors (Lipinski definition) is 0. The molecule has 0 spiro atoms. The van der Waals surface area contributed by atoms with Crippen LogP contribution in [0, 0.1) is 5.82 Å². The average Bonchev–Trinajstić information content (AvgIpc) is 2.99. The molecule has 0 aliphatic carbocycles. The van der Waals surface area contributed by atoms with Crippen LogP contribution >= 0.6 is 0 Å². The maximum absolute atomic E-state index is 13.1. The lowest BCUT2D eigenvalue weighted by atomic mass is 10.0. The van der Waals surface area contributed by atoms with E-state index >= 15 is 0 Å². The Morgan fingerprint density at radius 2 is 1.64 bits per heavy atom. The summed E-state index contributed by atoms with van der Waals surface area (Å²) in [5.74, 6) is -0.812. The summed E-state index contributed by atoms with van der Waals surface area (Å²) < 4.78 is 18.3. The van der Waals surface area contributed by atoms with E-state index in [1.807, 2.05) is 0 Å². The van der Waals surface area contributed by atoms with Gasteiger partial charge in [0.2, 0.25) is 0 Å². The van der Waals surface area contributed by atoms with Crippen molar-refractivity contribution in [2.24, 2.45) is 0 Å². The summed E-state index contributed by atoms with van der Waals surface area (Å²) >= 11 is 0. The van der Waals surface area contributed by atoms with Gasteiger partial charge in [0.05, 0.1) is 6.26 Å². The zero-order chi connectivity index (χ0) is 15.5. The number of carbonyl (C=O) groups is 2. The molecule has 3 rings (SSSR count). The SMILES string of the molecule is O=C(CCC(=O)c1ccc2occc2c1)c1cccc(F)c1. The highest BCUT2D eigenvalue weighted by Gasteiger charge is 2.12. The molecule has 1 aromatic heterocycles. The van der Waals surface area contributed by atoms with E-state index in [0.29, 0.717) is 11.1 Å². The molecule has 0 bridgehead atoms. The van der Waals surface area contributed by atoms with E-state index in [9.17, 15) is 14.0 Å². The molecule has 0 fully saturated rings. The van der Waals surface area contributed by atoms with Gasteiger partial charge in [-0.3, -0.25) is 9.59 Å². The summed E-state index contributed by atoms with van der Waals surface area (Å²) in [6, 6.07) is 12.4. The van der Waals surface area contributed by atoms with Crippen molar-refractivity contribution in [2.75, 3.05) is 0 Å². The molecule has 0 unspecified atom stereocenters. The minimum absolute atomic E-state index is 0.0612. The molecule has 3 nitrogen and oxygen atoms in total. The number of carbonyl (C=O) groups excluding carboxylic acids is 2. The fourth-order valence-corrected chi connectivity index (χ4v) is 2.32. The zero-order valence-electron chi connectivity index (χ0n) is 11.7. The van der Waals surface area contributed by atoms with Gasteiger partial charge in [-0.05, 0) is 36.4 Å². The Labute approximate surface area is 126 Å². The van der Waals surface area contributed by atoms with Gasteiger partial charge in [-0.1, -0.05) is 12.1 Å². The van der Waals surface area contributed by atoms with E-state index in [4.69, 9.17) is 4.42 Å². The highest BCUT2D eigenvalue weighted by molar-refractivity contribution is 6.03. The molecule has 4 heteroatoms. The average molecular weight is 296 g/mol. The molecule has 3 aromatic rings. The van der Waals surface area contributed by atoms with Crippen LogP contribution in [0.4, 0.5) is 4.39 Å². The minimum atomic E-state index is -0.456. The van der Waals surface area contributed by atoms with Gasteiger partial charge >= 0.3 is 0 Å². The molecule has 0 aliphatic rings. The summed E-state index contributed by atoms with van der Waals surface area (Å²) in [7, 11) is 0. The first-order valence-corrected chi connectivity index (χ1v) is 6.93. The van der Waals surface area contributed by atoms with Gasteiger partial charge in [-0.25, -0.2) is 4.39 Å². The zero-order valence-corrected chi connectivity index (χ0v) is 11.7. The molecule has 0 atom stereocenters. The fourth-order valence-electron chi connectivity index (χ4n) is 2.32. The molecule has 2 aromatic carbocycles. The highest BCUT2D eigenvalue weighted by atomic mass is 19.1. The van der Waals surface area contributed by atoms with Crippen molar-refractivity contribution in [1.82, 2.24) is 0 Å². The summed E-state index contributed by atoms with van der Waals surface area (Å²) in [5.41, 5.74) is 1.55. The van der Waals surface area contributed by atoms with E-state index < -0.39 is 5.82 Å². The van der Waals surface area contributed by atoms with Crippen LogP contribution in [0.3, 0.4) is 0 Å². The number of Topliss-reactive ketones (excluding diaryl/α,β-unsaturated/α-hetero) is 2. The number of ketones is 2. The Morgan fingerprint density at radius 1 is 0.909 bits per heavy atom. The highest BCUT2D eigenvalue weighted by Crippen LogP contribution is 2.18. The number of rotatable bonds is 5. The Hall–Kier alpha value is -2.75. The minimum Gasteiger partial charge on any atom is -0.464 e. The van der Waals surface area contributed by atoms with Crippen molar-refractivity contribution in [3.8, 4) is 0 Å². The molecule has 0 saturated carbocycles. The predicted octanol–water partition coefficient (Wildman–Crippen LogP) is 4.42. The first-order valence-electron chi connectivity index (χ1n) is 6.93. The van der Waals surface area contributed by atoms with Gasteiger partial charge in [0.15, 0.2) is 11.6 Å². The van der Waals surface area contributed by atoms with Crippen LogP contribution in [0.2, 0.25) is 0 Å². The Bertz CT molecular complexity index is 848. The Morgan fingerprint density at radius 3 is 2.36 bits per heavy atom. The number of benzene rings is 2. The van der Waals surface area contributed by atoms with Crippen molar-refractivity contribution >= 4 is 22.5 Å². The van der Waals surface area contributed by atoms with Crippen molar-refractivity contribution < 1.29 is 18.4 Å². The maximum atomic E-state index is 13.1. The lowest BCUT2D eigenvalue weighted by molar-refractivity contribution is 0.0917. The van der Waals surface area contributed by atoms with Gasteiger partial charge < -0.3 is 4.42 Å². The van der Waals surface area contributed by atoms with Crippen LogP contribution in [0.15, 0.2) is 59.2 Å². The summed E-state index contributed by atoms with van der Waals surface area (Å²) in [6.07, 6.45) is 1.72. The van der Waals surface area contributed by atoms with Crippen LogP contribution in [0.25, 0.3) is 11.0 Å². The molecule has 0 aliphatic heterocycles. The van der Waals surface area contributed by atoms with Crippen LogP contribution in [-0.2, 0) is 0 Å². The van der Waals surface area contributed by atoms with E-state index in [0.717, 1.165) is 5.39 Å². The molecule has 0 N–H and O–H groups in total. The topological polar surface area (TPSA) is 47.3 Å². The lowest BCUT2D eigenvalue weighted by Crippen LogP contribution is -2.05. The van der Waals surface area contributed by atoms with E-state index in [1.54, 1.807) is 36.6 Å². The standard InChI is InChI=1S/C18H13FO3/c19-15-3-1-2-12(11-15)16(20)5-6-17(21)13-4-7-18-14(10-13)8-9-22-18/h1-4,7-11H,5-6H2. The van der Waals surface area contributed by atoms with E-state index in [1.165, 1.54) is 18.2 Å². The second kappa shape index (κ2) is 5.93. The van der Waals surface area contributed by atoms with Gasteiger partial charge in [0.1, 0.15) is 11.4 Å². The quantitative estimate of drug-likeness (QED) is 0.655. The van der Waals surface area contributed by atoms with Crippen LogP contribution in [0.5, 0.6) is 0 Å². The van der Waals surface area contributed by atoms with Crippen LogP contribution in [0.1, 0.15) is 33.6 Å². The number of fused-ring (bicyclic) bond motifs is 1. The molecule has 0 radical (unpaired) electrons. The maximum Gasteiger partial charge on any atom is 0.163 e. The van der Waals surface area contributed by atoms with Gasteiger partial charge in [-0.2, -0.15) is 0 Å². The van der Waals surface area contributed by atoms with Crippen LogP contribution < -0.4 is 0 Å². The number of furan rings is 1. The monoisotopic (exact) mass is 296 g/mol. The predicted molar refractivity (Wildman–Crippen MR) is 80.5 cm³/mol. The first-order chi connectivity index (χ1) is 10.6. The lowest BCUT2D eigenvalue weighted by Gasteiger charge is -2.02. The van der Waals surface area contributed by atoms with Gasteiger partial charge in [-0.15, -0.1) is 0 Å². The molecule has 0 amide bonds. The largest absolute Gasteiger partial charge is 0.464 e. The van der Waals surface area contributed by atoms with Gasteiger partial charge in [0.25, 0.3) is 0 Å². The number of halogens is 1. The Kier molecular flexibility index (Phi) is 3.83. The first kappa shape index (κ1) is 14.2. The van der Waals surface area contributed by atoms with E-state index in [2.05, 4.69) is 0 Å². The molecule has 0 saturated heterocycles. The second-order valence-electron chi connectivity index (χ2n) is 5.03. The van der Waals surface area contributed by atoms with Crippen molar-refractivity contribution in [1.29, 1.82) is 0 Å². The summed E-state index contributed by atoms with van der Waals surface area (Å²) in [5, 5.41) is 0.849. The van der Waals surface area contributed by atoms with Crippen molar-refractivity contribution in [3.63, 3.8) is 0 Å². The summed E-state index contributed by atoms with van der Waals surface area (Å²) in [6.45, 7) is 0. The Balaban J connectivity index is 1.67. The molecule has 22 heavy (non-hydrogen) atoms. The smallest absolute Gasteiger partial charge is 0.163 e. The molecule has 1 heterocycles. The van der Waals surface area contributed by atoms with E-state index in [-0.39, 0.29) is 30.0 Å². The molecular weight excluding hydrogens is 283 g/mol.